The number of hydrogen-bond acceptors (Lipinski definition) is 4. The summed E-state index contributed by atoms with van der Waals surface area (Å²) in [5, 5.41) is 2.33. The number of nitrogens with one attached hydrogen (secondary N) is 1. The highest BCUT2D eigenvalue weighted by Crippen LogP contribution is 2.14. The molecule has 0 aromatic carbocycles. The molecule has 0 saturated carbocycles. The Balaban J connectivity index is 2.44. The van der Waals surface area contributed by atoms with Crippen molar-refractivity contribution in [3.8, 4) is 0 Å². The molecule has 0 spiro atoms. The van der Waals surface area contributed by atoms with Crippen LogP contribution in [-0.2, 0) is 0 Å². The van der Waals surface area contributed by atoms with Crippen LogP contribution in [0.25, 0.3) is 0 Å². The number of likely N-dealkylation sites (N-methyl/N-ethyl adjacent to an activating group) is 1. The average Bonchev–Trinajstić information content (AvgIpc) is 2.29. The highest BCUT2D eigenvalue weighted by atomic mass is 15.5. The van der Waals surface area contributed by atoms with Gasteiger partial charge < -0.3 is 10.6 Å². The van der Waals surface area contributed by atoms with Gasteiger partial charge in [-0.2, -0.15) is 0 Å². The number of nitrogens with zero attached hydrogens (tertiary/aromatic N) is 2. The first-order valence-electron chi connectivity index (χ1n) is 6.07. The van der Waals surface area contributed by atoms with Gasteiger partial charge in [0.15, 0.2) is 0 Å². The molecule has 1 fully saturated rings. The molecule has 15 heavy (non-hydrogen) atoms. The van der Waals surface area contributed by atoms with Gasteiger partial charge in [-0.05, 0) is 19.9 Å². The van der Waals surface area contributed by atoms with Gasteiger partial charge in [-0.1, -0.05) is 13.8 Å². The number of hydrazine groups is 1. The first kappa shape index (κ1) is 12.9. The quantitative estimate of drug-likeness (QED) is 0.689. The summed E-state index contributed by atoms with van der Waals surface area (Å²) in [7, 11) is 2.17. The van der Waals surface area contributed by atoms with Crippen molar-refractivity contribution in [2.45, 2.75) is 32.2 Å². The minimum atomic E-state index is 0.107. The van der Waals surface area contributed by atoms with Gasteiger partial charge in [0.2, 0.25) is 0 Å². The highest BCUT2D eigenvalue weighted by Gasteiger charge is 2.27. The van der Waals surface area contributed by atoms with E-state index in [1.807, 2.05) is 0 Å². The minimum absolute atomic E-state index is 0.107. The maximum absolute atomic E-state index is 5.87. The maximum Gasteiger partial charge on any atom is 0.0442 e. The van der Waals surface area contributed by atoms with Crippen molar-refractivity contribution in [1.29, 1.82) is 0 Å². The monoisotopic (exact) mass is 214 g/mol. The van der Waals surface area contributed by atoms with Crippen molar-refractivity contribution in [3.05, 3.63) is 0 Å². The number of rotatable bonds is 5. The Morgan fingerprint density at radius 3 is 2.07 bits per heavy atom. The molecule has 0 aromatic rings. The van der Waals surface area contributed by atoms with Crippen LogP contribution in [0, 0.1) is 0 Å². The van der Waals surface area contributed by atoms with Crippen molar-refractivity contribution in [3.63, 3.8) is 0 Å². The van der Waals surface area contributed by atoms with Gasteiger partial charge in [0.1, 0.15) is 0 Å². The molecule has 0 unspecified atom stereocenters. The van der Waals surface area contributed by atoms with E-state index >= 15 is 0 Å². The molecular weight excluding hydrogens is 188 g/mol. The predicted molar refractivity (Wildman–Crippen MR) is 64.6 cm³/mol. The molecule has 1 aliphatic rings. The summed E-state index contributed by atoms with van der Waals surface area (Å²) in [6, 6.07) is 0. The lowest BCUT2D eigenvalue weighted by Gasteiger charge is -2.41. The number of piperazine rings is 1. The maximum atomic E-state index is 5.87. The molecule has 1 rings (SSSR count). The average molecular weight is 214 g/mol. The van der Waals surface area contributed by atoms with Crippen LogP contribution in [0.15, 0.2) is 0 Å². The normalized spacial score (nSPS) is 20.8. The van der Waals surface area contributed by atoms with E-state index in [2.05, 4.69) is 36.2 Å². The summed E-state index contributed by atoms with van der Waals surface area (Å²) in [4.78, 5) is 2.36. The molecule has 90 valence electrons. The fourth-order valence-corrected chi connectivity index (χ4v) is 2.00. The predicted octanol–water partition coefficient (Wildman–Crippen LogP) is 0.256. The Bertz CT molecular complexity index is 163. The zero-order valence-electron chi connectivity index (χ0n) is 10.4. The first-order chi connectivity index (χ1) is 7.15. The van der Waals surface area contributed by atoms with Crippen LogP contribution in [0.3, 0.4) is 0 Å². The molecule has 0 amide bonds. The zero-order chi connectivity index (χ0) is 11.3. The van der Waals surface area contributed by atoms with E-state index in [1.54, 1.807) is 0 Å². The van der Waals surface area contributed by atoms with Gasteiger partial charge in [0.05, 0.1) is 0 Å². The molecule has 1 heterocycles. The Morgan fingerprint density at radius 2 is 1.67 bits per heavy atom. The number of nitrogens with two attached hydrogens (primary N) is 1. The van der Waals surface area contributed by atoms with Crippen molar-refractivity contribution >= 4 is 0 Å². The topological polar surface area (TPSA) is 44.5 Å². The SMILES string of the molecule is CCC(CC)(CN)NN1CCN(C)CC1. The van der Waals surface area contributed by atoms with Gasteiger partial charge in [-0.25, -0.2) is 10.4 Å². The largest absolute Gasteiger partial charge is 0.329 e. The third-order valence-corrected chi connectivity index (χ3v) is 3.64. The lowest BCUT2D eigenvalue weighted by Crippen LogP contribution is -2.61. The second-order valence-electron chi connectivity index (χ2n) is 4.59. The molecule has 4 heteroatoms. The molecule has 1 saturated heterocycles. The Kier molecular flexibility index (Phi) is 4.99. The highest BCUT2D eigenvalue weighted by molar-refractivity contribution is 4.86. The molecule has 1 aliphatic heterocycles. The first-order valence-corrected chi connectivity index (χ1v) is 6.07. The second-order valence-corrected chi connectivity index (χ2v) is 4.59. The Labute approximate surface area is 93.8 Å². The lowest BCUT2D eigenvalue weighted by molar-refractivity contribution is 0.0513. The molecule has 3 N–H and O–H groups in total. The molecule has 0 radical (unpaired) electrons. The third-order valence-electron chi connectivity index (χ3n) is 3.64. The molecule has 4 nitrogen and oxygen atoms in total. The van der Waals surface area contributed by atoms with E-state index in [-0.39, 0.29) is 5.54 Å². The molecule has 0 aliphatic carbocycles. The summed E-state index contributed by atoms with van der Waals surface area (Å²) in [6.07, 6.45) is 2.18. The van der Waals surface area contributed by atoms with Gasteiger partial charge in [-0.15, -0.1) is 0 Å². The van der Waals surface area contributed by atoms with Crippen LogP contribution in [0.2, 0.25) is 0 Å². The summed E-state index contributed by atoms with van der Waals surface area (Å²) in [5.74, 6) is 0. The van der Waals surface area contributed by atoms with E-state index < -0.39 is 0 Å². The van der Waals surface area contributed by atoms with Crippen LogP contribution >= 0.6 is 0 Å². The minimum Gasteiger partial charge on any atom is -0.329 e. The van der Waals surface area contributed by atoms with Crippen molar-refractivity contribution in [2.75, 3.05) is 39.8 Å². The van der Waals surface area contributed by atoms with Gasteiger partial charge in [0.25, 0.3) is 0 Å². The van der Waals surface area contributed by atoms with Crippen molar-refractivity contribution in [2.24, 2.45) is 5.73 Å². The fourth-order valence-electron chi connectivity index (χ4n) is 2.00. The Morgan fingerprint density at radius 1 is 1.13 bits per heavy atom. The van der Waals surface area contributed by atoms with Gasteiger partial charge in [-0.3, -0.25) is 0 Å². The van der Waals surface area contributed by atoms with Crippen LogP contribution in [0.1, 0.15) is 26.7 Å². The molecule has 0 atom stereocenters. The molecule has 0 aromatic heterocycles. The summed E-state index contributed by atoms with van der Waals surface area (Å²) in [5.41, 5.74) is 9.60. The van der Waals surface area contributed by atoms with Crippen LogP contribution in [0.4, 0.5) is 0 Å². The van der Waals surface area contributed by atoms with E-state index in [9.17, 15) is 0 Å². The van der Waals surface area contributed by atoms with Crippen molar-refractivity contribution < 1.29 is 0 Å². The molecular formula is C11H26N4. The summed E-state index contributed by atoms with van der Waals surface area (Å²) >= 11 is 0. The zero-order valence-corrected chi connectivity index (χ0v) is 10.4. The summed E-state index contributed by atoms with van der Waals surface area (Å²) in [6.45, 7) is 9.60. The molecule has 0 bridgehead atoms. The number of hydrogen-bond donors (Lipinski definition) is 2. The summed E-state index contributed by atoms with van der Waals surface area (Å²) < 4.78 is 0. The smallest absolute Gasteiger partial charge is 0.0442 e. The van der Waals surface area contributed by atoms with Crippen LogP contribution < -0.4 is 11.2 Å². The second kappa shape index (κ2) is 5.80. The third kappa shape index (κ3) is 3.41. The van der Waals surface area contributed by atoms with Gasteiger partial charge >= 0.3 is 0 Å². The van der Waals surface area contributed by atoms with Crippen LogP contribution in [-0.4, -0.2) is 55.2 Å². The van der Waals surface area contributed by atoms with E-state index in [1.165, 1.54) is 0 Å². The van der Waals surface area contributed by atoms with E-state index in [4.69, 9.17) is 5.73 Å². The van der Waals surface area contributed by atoms with Crippen molar-refractivity contribution in [1.82, 2.24) is 15.3 Å². The van der Waals surface area contributed by atoms with E-state index in [0.717, 1.165) is 39.0 Å². The van der Waals surface area contributed by atoms with Crippen LogP contribution in [0.5, 0.6) is 0 Å². The standard InChI is InChI=1S/C11H26N4/c1-4-11(5-2,10-12)13-15-8-6-14(3)7-9-15/h13H,4-10,12H2,1-3H3. The lowest BCUT2D eigenvalue weighted by atomic mass is 9.94. The Hall–Kier alpha value is -0.160. The fraction of sp³-hybridized carbons (Fsp3) is 1.00. The van der Waals surface area contributed by atoms with Gasteiger partial charge in [0, 0.05) is 38.3 Å². The van der Waals surface area contributed by atoms with E-state index in [0.29, 0.717) is 6.54 Å².